The van der Waals surface area contributed by atoms with Crippen LogP contribution in [-0.2, 0) is 9.59 Å². The highest BCUT2D eigenvalue weighted by atomic mass is 19.1. The summed E-state index contributed by atoms with van der Waals surface area (Å²) in [6.45, 7) is 5.19. The molecule has 1 unspecified atom stereocenters. The van der Waals surface area contributed by atoms with Gasteiger partial charge in [-0.3, -0.25) is 9.59 Å². The minimum absolute atomic E-state index is 0.0238. The van der Waals surface area contributed by atoms with E-state index in [9.17, 15) is 14.0 Å². The second kappa shape index (κ2) is 7.73. The van der Waals surface area contributed by atoms with Gasteiger partial charge in [0.25, 0.3) is 0 Å². The molecule has 2 rings (SSSR count). The largest absolute Gasteiger partial charge is 0.349 e. The first kappa shape index (κ1) is 17.7. The number of hydrogen-bond acceptors (Lipinski definition) is 2. The Morgan fingerprint density at radius 1 is 1.04 bits per heavy atom. The summed E-state index contributed by atoms with van der Waals surface area (Å²) in [5.74, 6) is -1.07. The molecule has 0 aromatic heterocycles. The van der Waals surface area contributed by atoms with Crippen molar-refractivity contribution in [2.45, 2.75) is 33.2 Å². The Morgan fingerprint density at radius 2 is 1.67 bits per heavy atom. The number of anilines is 1. The first-order valence-electron chi connectivity index (χ1n) is 7.75. The number of nitrogens with one attached hydrogen (secondary N) is 2. The van der Waals surface area contributed by atoms with E-state index in [2.05, 4.69) is 10.6 Å². The van der Waals surface area contributed by atoms with Gasteiger partial charge in [-0.25, -0.2) is 4.39 Å². The summed E-state index contributed by atoms with van der Waals surface area (Å²) in [5, 5.41) is 5.34. The van der Waals surface area contributed by atoms with E-state index in [0.717, 1.165) is 16.7 Å². The van der Waals surface area contributed by atoms with Crippen molar-refractivity contribution in [2.75, 3.05) is 5.32 Å². The minimum Gasteiger partial charge on any atom is -0.349 e. The fraction of sp³-hybridized carbons (Fsp3) is 0.263. The highest BCUT2D eigenvalue weighted by Crippen LogP contribution is 2.20. The van der Waals surface area contributed by atoms with Gasteiger partial charge in [0.2, 0.25) is 11.8 Å². The van der Waals surface area contributed by atoms with Crippen molar-refractivity contribution in [2.24, 2.45) is 0 Å². The second-order valence-electron chi connectivity index (χ2n) is 5.90. The molecule has 0 saturated carbocycles. The van der Waals surface area contributed by atoms with Gasteiger partial charge in [-0.1, -0.05) is 35.9 Å². The van der Waals surface area contributed by atoms with Crippen LogP contribution in [-0.4, -0.2) is 11.8 Å². The summed E-state index contributed by atoms with van der Waals surface area (Å²) in [6, 6.07) is 11.6. The molecular formula is C19H21FN2O2. The first-order valence-corrected chi connectivity index (χ1v) is 7.75. The standard InChI is InChI=1S/C19H21FN2O2/c1-12-4-7-15(8-5-12)17(21-14(3)23)11-19(24)22-18-10-13(2)6-9-16(18)20/h4-10,17H,11H2,1-3H3,(H,21,23)(H,22,24). The van der Waals surface area contributed by atoms with Crippen LogP contribution in [0.3, 0.4) is 0 Å². The third-order valence-electron chi connectivity index (χ3n) is 3.64. The molecule has 0 heterocycles. The molecule has 2 amide bonds. The fourth-order valence-corrected chi connectivity index (χ4v) is 2.42. The van der Waals surface area contributed by atoms with E-state index in [4.69, 9.17) is 0 Å². The molecule has 2 aromatic carbocycles. The maximum absolute atomic E-state index is 13.8. The van der Waals surface area contributed by atoms with Crippen molar-refractivity contribution in [1.82, 2.24) is 5.32 Å². The maximum Gasteiger partial charge on any atom is 0.226 e. The van der Waals surface area contributed by atoms with E-state index < -0.39 is 11.9 Å². The molecule has 126 valence electrons. The van der Waals surface area contributed by atoms with Crippen LogP contribution in [0.2, 0.25) is 0 Å². The molecule has 0 aliphatic rings. The normalized spacial score (nSPS) is 11.7. The average Bonchev–Trinajstić information content (AvgIpc) is 2.50. The Bertz CT molecular complexity index is 742. The van der Waals surface area contributed by atoms with Crippen LogP contribution >= 0.6 is 0 Å². The lowest BCUT2D eigenvalue weighted by Crippen LogP contribution is -2.29. The number of benzene rings is 2. The third kappa shape index (κ3) is 4.91. The molecule has 0 radical (unpaired) electrons. The van der Waals surface area contributed by atoms with Crippen LogP contribution in [0.4, 0.5) is 10.1 Å². The molecule has 0 bridgehead atoms. The summed E-state index contributed by atoms with van der Waals surface area (Å²) >= 11 is 0. The number of carbonyl (C=O) groups is 2. The van der Waals surface area contributed by atoms with Gasteiger partial charge in [0.05, 0.1) is 18.2 Å². The van der Waals surface area contributed by atoms with Gasteiger partial charge in [0.1, 0.15) is 5.82 Å². The highest BCUT2D eigenvalue weighted by molar-refractivity contribution is 5.91. The fourth-order valence-electron chi connectivity index (χ4n) is 2.42. The summed E-state index contributed by atoms with van der Waals surface area (Å²) in [5.41, 5.74) is 2.91. The van der Waals surface area contributed by atoms with Crippen molar-refractivity contribution >= 4 is 17.5 Å². The number of amides is 2. The van der Waals surface area contributed by atoms with Gasteiger partial charge < -0.3 is 10.6 Å². The lowest BCUT2D eigenvalue weighted by Gasteiger charge is -2.18. The molecule has 0 aliphatic heterocycles. The molecular weight excluding hydrogens is 307 g/mol. The minimum atomic E-state index is -0.486. The maximum atomic E-state index is 13.8. The quantitative estimate of drug-likeness (QED) is 0.880. The summed E-state index contributed by atoms with van der Waals surface area (Å²) < 4.78 is 13.8. The number of carbonyl (C=O) groups excluding carboxylic acids is 2. The second-order valence-corrected chi connectivity index (χ2v) is 5.90. The molecule has 0 fully saturated rings. The van der Waals surface area contributed by atoms with E-state index in [1.54, 1.807) is 12.1 Å². The van der Waals surface area contributed by atoms with Crippen molar-refractivity contribution < 1.29 is 14.0 Å². The van der Waals surface area contributed by atoms with Gasteiger partial charge in [-0.2, -0.15) is 0 Å². The summed E-state index contributed by atoms with van der Waals surface area (Å²) in [7, 11) is 0. The van der Waals surface area contributed by atoms with Crippen molar-refractivity contribution in [3.05, 3.63) is 65.0 Å². The van der Waals surface area contributed by atoms with Crippen LogP contribution in [0.25, 0.3) is 0 Å². The molecule has 5 heteroatoms. The Morgan fingerprint density at radius 3 is 2.29 bits per heavy atom. The predicted molar refractivity (Wildman–Crippen MR) is 92.1 cm³/mol. The Hall–Kier alpha value is -2.69. The van der Waals surface area contributed by atoms with Crippen LogP contribution in [0.1, 0.15) is 36.1 Å². The van der Waals surface area contributed by atoms with Gasteiger partial charge in [0, 0.05) is 6.92 Å². The lowest BCUT2D eigenvalue weighted by molar-refractivity contribution is -0.120. The molecule has 4 nitrogen and oxygen atoms in total. The number of rotatable bonds is 5. The van der Waals surface area contributed by atoms with E-state index in [1.807, 2.05) is 38.1 Å². The summed E-state index contributed by atoms with van der Waals surface area (Å²) in [6.07, 6.45) is 0.0238. The molecule has 0 spiro atoms. The van der Waals surface area contributed by atoms with Crippen molar-refractivity contribution in [1.29, 1.82) is 0 Å². The molecule has 0 aliphatic carbocycles. The Balaban J connectivity index is 2.13. The zero-order valence-corrected chi connectivity index (χ0v) is 14.0. The monoisotopic (exact) mass is 328 g/mol. The van der Waals surface area contributed by atoms with Gasteiger partial charge in [0.15, 0.2) is 0 Å². The third-order valence-corrected chi connectivity index (χ3v) is 3.64. The van der Waals surface area contributed by atoms with Gasteiger partial charge in [-0.05, 0) is 37.1 Å². The van der Waals surface area contributed by atoms with Crippen LogP contribution in [0.15, 0.2) is 42.5 Å². The smallest absolute Gasteiger partial charge is 0.226 e. The lowest BCUT2D eigenvalue weighted by atomic mass is 10.0. The van der Waals surface area contributed by atoms with Gasteiger partial charge in [-0.15, -0.1) is 0 Å². The number of halogens is 1. The van der Waals surface area contributed by atoms with Crippen molar-refractivity contribution in [3.63, 3.8) is 0 Å². The highest BCUT2D eigenvalue weighted by Gasteiger charge is 2.18. The first-order chi connectivity index (χ1) is 11.3. The van der Waals surface area contributed by atoms with Crippen molar-refractivity contribution in [3.8, 4) is 0 Å². The zero-order chi connectivity index (χ0) is 17.7. The number of aryl methyl sites for hydroxylation is 2. The van der Waals surface area contributed by atoms with E-state index >= 15 is 0 Å². The van der Waals surface area contributed by atoms with Gasteiger partial charge >= 0.3 is 0 Å². The van der Waals surface area contributed by atoms with Crippen LogP contribution in [0.5, 0.6) is 0 Å². The topological polar surface area (TPSA) is 58.2 Å². The molecule has 1 atom stereocenters. The Labute approximate surface area is 141 Å². The molecule has 2 aromatic rings. The molecule has 2 N–H and O–H groups in total. The molecule has 24 heavy (non-hydrogen) atoms. The van der Waals surface area contributed by atoms with E-state index in [1.165, 1.54) is 13.0 Å². The molecule has 0 saturated heterocycles. The SMILES string of the molecule is CC(=O)NC(CC(=O)Nc1cc(C)ccc1F)c1ccc(C)cc1. The average molecular weight is 328 g/mol. The van der Waals surface area contributed by atoms with E-state index in [-0.39, 0.29) is 23.9 Å². The zero-order valence-electron chi connectivity index (χ0n) is 14.0. The van der Waals surface area contributed by atoms with E-state index in [0.29, 0.717) is 0 Å². The summed E-state index contributed by atoms with van der Waals surface area (Å²) in [4.78, 5) is 23.7. The van der Waals surface area contributed by atoms with Crippen LogP contribution < -0.4 is 10.6 Å². The predicted octanol–water partition coefficient (Wildman–Crippen LogP) is 3.65. The number of hydrogen-bond donors (Lipinski definition) is 2. The van der Waals surface area contributed by atoms with Crippen LogP contribution in [0, 0.1) is 19.7 Å². The Kier molecular flexibility index (Phi) is 5.68.